The molecule has 0 amide bonds. The van der Waals surface area contributed by atoms with Gasteiger partial charge < -0.3 is 0 Å². The van der Waals surface area contributed by atoms with Gasteiger partial charge in [-0.05, 0) is 13.0 Å². The molecule has 2 aromatic rings. The zero-order valence-corrected chi connectivity index (χ0v) is 9.74. The summed E-state index contributed by atoms with van der Waals surface area (Å²) in [5, 5.41) is 14.7. The molecule has 0 aliphatic heterocycles. The molecule has 0 spiro atoms. The molecule has 2 rings (SSSR count). The van der Waals surface area contributed by atoms with Gasteiger partial charge in [-0.3, -0.25) is 19.6 Å². The second-order valence-corrected chi connectivity index (χ2v) is 3.89. The van der Waals surface area contributed by atoms with Crippen LogP contribution in [0.25, 0.3) is 0 Å². The zero-order chi connectivity index (χ0) is 13.1. The van der Waals surface area contributed by atoms with Gasteiger partial charge in [0, 0.05) is 23.9 Å². The maximum absolute atomic E-state index is 11.9. The molecule has 6 nitrogen and oxygen atoms in total. The van der Waals surface area contributed by atoms with E-state index in [4.69, 9.17) is 0 Å². The Morgan fingerprint density at radius 3 is 2.83 bits per heavy atom. The summed E-state index contributed by atoms with van der Waals surface area (Å²) in [6, 6.07) is 7.49. The zero-order valence-electron chi connectivity index (χ0n) is 9.74. The number of carbonyl (C=O) groups excluding carboxylic acids is 1. The largest absolute Gasteiger partial charge is 0.292 e. The Balaban J connectivity index is 2.18. The molecule has 0 unspecified atom stereocenters. The number of nitro benzene ring substituents is 1. The summed E-state index contributed by atoms with van der Waals surface area (Å²) < 4.78 is 1.51. The molecular weight excluding hydrogens is 234 g/mol. The number of nitrogens with zero attached hydrogens (tertiary/aromatic N) is 3. The van der Waals surface area contributed by atoms with Gasteiger partial charge in [0.15, 0.2) is 5.78 Å². The van der Waals surface area contributed by atoms with Crippen LogP contribution in [-0.2, 0) is 6.54 Å². The summed E-state index contributed by atoms with van der Waals surface area (Å²) in [4.78, 5) is 22.0. The fourth-order valence-electron chi connectivity index (χ4n) is 1.58. The van der Waals surface area contributed by atoms with Gasteiger partial charge >= 0.3 is 0 Å². The molecule has 0 fully saturated rings. The second-order valence-electron chi connectivity index (χ2n) is 3.89. The number of carbonyl (C=O) groups is 1. The van der Waals surface area contributed by atoms with E-state index in [0.717, 1.165) is 5.69 Å². The average molecular weight is 245 g/mol. The molecular formula is C12H11N3O3. The van der Waals surface area contributed by atoms with Crippen LogP contribution >= 0.6 is 0 Å². The molecule has 0 bridgehead atoms. The minimum Gasteiger partial charge on any atom is -0.292 e. The first-order chi connectivity index (χ1) is 8.56. The van der Waals surface area contributed by atoms with E-state index in [1.807, 2.05) is 6.92 Å². The van der Waals surface area contributed by atoms with Gasteiger partial charge in [-0.1, -0.05) is 12.1 Å². The minimum atomic E-state index is -0.519. The van der Waals surface area contributed by atoms with E-state index < -0.39 is 4.92 Å². The number of ketones is 1. The Morgan fingerprint density at radius 2 is 2.22 bits per heavy atom. The Hall–Kier alpha value is -2.50. The van der Waals surface area contributed by atoms with E-state index in [-0.39, 0.29) is 18.0 Å². The number of hydrogen-bond donors (Lipinski definition) is 0. The normalized spacial score (nSPS) is 10.3. The fraction of sp³-hybridized carbons (Fsp3) is 0.167. The number of benzene rings is 1. The molecule has 0 atom stereocenters. The first-order valence-corrected chi connectivity index (χ1v) is 5.34. The molecule has 0 aliphatic carbocycles. The van der Waals surface area contributed by atoms with Crippen molar-refractivity contribution in [3.8, 4) is 0 Å². The van der Waals surface area contributed by atoms with Crippen LogP contribution in [0.1, 0.15) is 16.1 Å². The summed E-state index contributed by atoms with van der Waals surface area (Å²) >= 11 is 0. The van der Waals surface area contributed by atoms with Crippen molar-refractivity contribution >= 4 is 11.5 Å². The molecule has 6 heteroatoms. The summed E-state index contributed by atoms with van der Waals surface area (Å²) in [6.07, 6.45) is 1.70. The van der Waals surface area contributed by atoms with Crippen LogP contribution in [0, 0.1) is 17.0 Å². The number of non-ortho nitro benzene ring substituents is 1. The van der Waals surface area contributed by atoms with E-state index >= 15 is 0 Å². The highest BCUT2D eigenvalue weighted by Crippen LogP contribution is 2.14. The third kappa shape index (κ3) is 2.60. The smallest absolute Gasteiger partial charge is 0.270 e. The molecule has 0 N–H and O–H groups in total. The standard InChI is InChI=1S/C12H11N3O3/c1-9-5-6-14(13-9)8-12(16)10-3-2-4-11(7-10)15(17)18/h2-7H,8H2,1H3. The Kier molecular flexibility index (Phi) is 3.18. The number of Topliss-reactive ketones (excluding diaryl/α,β-unsaturated/α-hetero) is 1. The van der Waals surface area contributed by atoms with Crippen molar-refractivity contribution in [3.63, 3.8) is 0 Å². The highest BCUT2D eigenvalue weighted by Gasteiger charge is 2.12. The van der Waals surface area contributed by atoms with Crippen LogP contribution in [0.5, 0.6) is 0 Å². The molecule has 0 saturated carbocycles. The topological polar surface area (TPSA) is 78.0 Å². The van der Waals surface area contributed by atoms with Crippen molar-refractivity contribution in [2.45, 2.75) is 13.5 Å². The third-order valence-electron chi connectivity index (χ3n) is 2.46. The van der Waals surface area contributed by atoms with Crippen molar-refractivity contribution in [3.05, 3.63) is 57.9 Å². The lowest BCUT2D eigenvalue weighted by Gasteiger charge is -2.01. The van der Waals surface area contributed by atoms with Crippen LogP contribution in [0.15, 0.2) is 36.5 Å². The van der Waals surface area contributed by atoms with E-state index in [9.17, 15) is 14.9 Å². The van der Waals surface area contributed by atoms with Crippen LogP contribution in [0.4, 0.5) is 5.69 Å². The number of rotatable bonds is 4. The molecule has 0 aliphatic rings. The molecule has 0 saturated heterocycles. The predicted molar refractivity (Wildman–Crippen MR) is 64.4 cm³/mol. The average Bonchev–Trinajstić information content (AvgIpc) is 2.75. The van der Waals surface area contributed by atoms with Crippen molar-refractivity contribution < 1.29 is 9.72 Å². The van der Waals surface area contributed by atoms with E-state index in [1.54, 1.807) is 18.3 Å². The molecule has 18 heavy (non-hydrogen) atoms. The summed E-state index contributed by atoms with van der Waals surface area (Å²) in [6.45, 7) is 1.91. The van der Waals surface area contributed by atoms with E-state index in [1.165, 1.54) is 22.9 Å². The lowest BCUT2D eigenvalue weighted by Crippen LogP contribution is -2.11. The summed E-state index contributed by atoms with van der Waals surface area (Å²) in [5.74, 6) is -0.207. The lowest BCUT2D eigenvalue weighted by atomic mass is 10.1. The van der Waals surface area contributed by atoms with Crippen LogP contribution < -0.4 is 0 Å². The molecule has 92 valence electrons. The quantitative estimate of drug-likeness (QED) is 0.468. The fourth-order valence-corrected chi connectivity index (χ4v) is 1.58. The highest BCUT2D eigenvalue weighted by atomic mass is 16.6. The Morgan fingerprint density at radius 1 is 1.44 bits per heavy atom. The van der Waals surface area contributed by atoms with Gasteiger partial charge in [-0.25, -0.2) is 0 Å². The second kappa shape index (κ2) is 4.79. The Bertz CT molecular complexity index is 604. The summed E-state index contributed by atoms with van der Waals surface area (Å²) in [7, 11) is 0. The molecule has 0 radical (unpaired) electrons. The SMILES string of the molecule is Cc1ccn(CC(=O)c2cccc([N+](=O)[O-])c2)n1. The maximum atomic E-state index is 11.9. The van der Waals surface area contributed by atoms with Gasteiger partial charge in [0.25, 0.3) is 5.69 Å². The third-order valence-corrected chi connectivity index (χ3v) is 2.46. The van der Waals surface area contributed by atoms with Gasteiger partial charge in [0.2, 0.25) is 0 Å². The van der Waals surface area contributed by atoms with Crippen molar-refractivity contribution in [1.82, 2.24) is 9.78 Å². The van der Waals surface area contributed by atoms with Crippen molar-refractivity contribution in [1.29, 1.82) is 0 Å². The van der Waals surface area contributed by atoms with Gasteiger partial charge in [-0.15, -0.1) is 0 Å². The first kappa shape index (κ1) is 12.0. The lowest BCUT2D eigenvalue weighted by molar-refractivity contribution is -0.384. The van der Waals surface area contributed by atoms with Gasteiger partial charge in [-0.2, -0.15) is 5.10 Å². The van der Waals surface area contributed by atoms with Crippen LogP contribution in [-0.4, -0.2) is 20.5 Å². The predicted octanol–water partition coefficient (Wildman–Crippen LogP) is 1.98. The molecule has 1 aromatic heterocycles. The highest BCUT2D eigenvalue weighted by molar-refractivity contribution is 5.96. The first-order valence-electron chi connectivity index (χ1n) is 5.34. The van der Waals surface area contributed by atoms with Gasteiger partial charge in [0.05, 0.1) is 10.6 Å². The molecule has 1 heterocycles. The maximum Gasteiger partial charge on any atom is 0.270 e. The van der Waals surface area contributed by atoms with Crippen LogP contribution in [0.2, 0.25) is 0 Å². The Labute approximate surface area is 103 Å². The number of nitro groups is 1. The number of aryl methyl sites for hydroxylation is 1. The monoisotopic (exact) mass is 245 g/mol. The van der Waals surface area contributed by atoms with E-state index in [0.29, 0.717) is 5.56 Å². The molecule has 1 aromatic carbocycles. The number of aromatic nitrogens is 2. The van der Waals surface area contributed by atoms with Crippen molar-refractivity contribution in [2.75, 3.05) is 0 Å². The van der Waals surface area contributed by atoms with E-state index in [2.05, 4.69) is 5.10 Å². The van der Waals surface area contributed by atoms with Gasteiger partial charge in [0.1, 0.15) is 6.54 Å². The summed E-state index contributed by atoms with van der Waals surface area (Å²) in [5.41, 5.74) is 1.05. The van der Waals surface area contributed by atoms with Crippen LogP contribution in [0.3, 0.4) is 0 Å². The minimum absolute atomic E-state index is 0.0784. The van der Waals surface area contributed by atoms with Crippen molar-refractivity contribution in [2.24, 2.45) is 0 Å². The number of hydrogen-bond acceptors (Lipinski definition) is 4.